The van der Waals surface area contributed by atoms with Gasteiger partial charge in [0.1, 0.15) is 0 Å². The molecule has 0 radical (unpaired) electrons. The maximum Gasteiger partial charge on any atom is 0.0897 e. The third kappa shape index (κ3) is 2.65. The molecule has 2 heterocycles. The molecule has 16 heavy (non-hydrogen) atoms. The van der Waals surface area contributed by atoms with Crippen molar-refractivity contribution in [2.24, 2.45) is 0 Å². The van der Waals surface area contributed by atoms with E-state index in [4.69, 9.17) is 0 Å². The lowest BCUT2D eigenvalue weighted by atomic mass is 10.0. The third-order valence-corrected chi connectivity index (χ3v) is 3.34. The van der Waals surface area contributed by atoms with Crippen LogP contribution in [0.15, 0.2) is 29.9 Å². The molecule has 0 bridgehead atoms. The van der Waals surface area contributed by atoms with Crippen LogP contribution in [0.2, 0.25) is 0 Å². The molecule has 0 aliphatic heterocycles. The lowest BCUT2D eigenvalue weighted by molar-refractivity contribution is 0.583. The van der Waals surface area contributed by atoms with Crippen LogP contribution < -0.4 is 5.32 Å². The number of aryl methyl sites for hydroxylation is 1. The fourth-order valence-corrected chi connectivity index (χ4v) is 2.31. The lowest BCUT2D eigenvalue weighted by Crippen LogP contribution is -2.19. The number of pyridine rings is 1. The summed E-state index contributed by atoms with van der Waals surface area (Å²) in [5.74, 6) is 0. The molecular weight excluding hydrogens is 218 g/mol. The van der Waals surface area contributed by atoms with Gasteiger partial charge in [0.15, 0.2) is 0 Å². The fraction of sp³-hybridized carbons (Fsp3) is 0.333. The molecule has 0 fully saturated rings. The molecule has 4 heteroatoms. The molecule has 0 saturated carbocycles. The van der Waals surface area contributed by atoms with Crippen LogP contribution in [-0.4, -0.2) is 17.0 Å². The van der Waals surface area contributed by atoms with Crippen molar-refractivity contribution in [1.82, 2.24) is 15.3 Å². The maximum absolute atomic E-state index is 4.48. The van der Waals surface area contributed by atoms with Crippen LogP contribution in [0, 0.1) is 6.92 Å². The molecule has 2 aromatic rings. The Kier molecular flexibility index (Phi) is 3.64. The summed E-state index contributed by atoms with van der Waals surface area (Å²) in [6.45, 7) is 2.03. The van der Waals surface area contributed by atoms with Crippen LogP contribution in [-0.2, 0) is 6.42 Å². The monoisotopic (exact) mass is 233 g/mol. The Morgan fingerprint density at radius 1 is 1.50 bits per heavy atom. The Balaban J connectivity index is 2.12. The number of aromatic nitrogens is 2. The number of thiazole rings is 1. The highest BCUT2D eigenvalue weighted by Gasteiger charge is 2.11. The molecule has 1 atom stereocenters. The minimum Gasteiger partial charge on any atom is -0.313 e. The Morgan fingerprint density at radius 3 is 2.94 bits per heavy atom. The van der Waals surface area contributed by atoms with Crippen molar-refractivity contribution in [1.29, 1.82) is 0 Å². The quantitative estimate of drug-likeness (QED) is 0.881. The summed E-state index contributed by atoms with van der Waals surface area (Å²) in [6, 6.07) is 4.34. The zero-order chi connectivity index (χ0) is 11.4. The van der Waals surface area contributed by atoms with E-state index in [2.05, 4.69) is 26.7 Å². The topological polar surface area (TPSA) is 37.8 Å². The number of hydrogen-bond acceptors (Lipinski definition) is 4. The standard InChI is InChI=1S/C12H15N3S/c1-9-15-11(8-16-9)6-12(13-2)10-4-3-5-14-7-10/h3-5,7-8,12-13H,6H2,1-2H3. The summed E-state index contributed by atoms with van der Waals surface area (Å²) < 4.78 is 0. The van der Waals surface area contributed by atoms with Crippen molar-refractivity contribution >= 4 is 11.3 Å². The first kappa shape index (κ1) is 11.2. The Hall–Kier alpha value is -1.26. The second kappa shape index (κ2) is 5.18. The highest BCUT2D eigenvalue weighted by Crippen LogP contribution is 2.18. The second-order valence-electron chi connectivity index (χ2n) is 3.69. The number of likely N-dealkylation sites (N-methyl/N-ethyl adjacent to an activating group) is 1. The molecule has 0 aliphatic rings. The van der Waals surface area contributed by atoms with Gasteiger partial charge in [0, 0.05) is 30.2 Å². The van der Waals surface area contributed by atoms with Gasteiger partial charge in [0.05, 0.1) is 10.7 Å². The van der Waals surface area contributed by atoms with Gasteiger partial charge in [-0.05, 0) is 25.6 Å². The van der Waals surface area contributed by atoms with Crippen LogP contribution in [0.4, 0.5) is 0 Å². The van der Waals surface area contributed by atoms with Crippen molar-refractivity contribution in [3.8, 4) is 0 Å². The highest BCUT2D eigenvalue weighted by molar-refractivity contribution is 7.09. The van der Waals surface area contributed by atoms with Crippen LogP contribution in [0.3, 0.4) is 0 Å². The lowest BCUT2D eigenvalue weighted by Gasteiger charge is -2.14. The molecule has 0 aromatic carbocycles. The normalized spacial score (nSPS) is 12.6. The van der Waals surface area contributed by atoms with Gasteiger partial charge in [-0.25, -0.2) is 4.98 Å². The van der Waals surface area contributed by atoms with E-state index in [9.17, 15) is 0 Å². The van der Waals surface area contributed by atoms with E-state index in [1.807, 2.05) is 26.2 Å². The van der Waals surface area contributed by atoms with Gasteiger partial charge in [0.2, 0.25) is 0 Å². The second-order valence-corrected chi connectivity index (χ2v) is 4.75. The average molecular weight is 233 g/mol. The smallest absolute Gasteiger partial charge is 0.0897 e. The SMILES string of the molecule is CNC(Cc1csc(C)n1)c1cccnc1. The van der Waals surface area contributed by atoms with E-state index >= 15 is 0 Å². The van der Waals surface area contributed by atoms with Crippen LogP contribution >= 0.6 is 11.3 Å². The van der Waals surface area contributed by atoms with Gasteiger partial charge in [-0.2, -0.15) is 0 Å². The molecule has 3 nitrogen and oxygen atoms in total. The Bertz CT molecular complexity index is 439. The van der Waals surface area contributed by atoms with Crippen molar-refractivity contribution in [2.45, 2.75) is 19.4 Å². The first-order chi connectivity index (χ1) is 7.79. The minimum atomic E-state index is 0.287. The molecule has 0 spiro atoms. The van der Waals surface area contributed by atoms with E-state index in [0.717, 1.165) is 17.1 Å². The Labute approximate surface area is 99.6 Å². The van der Waals surface area contributed by atoms with Gasteiger partial charge < -0.3 is 5.32 Å². The zero-order valence-electron chi connectivity index (χ0n) is 9.47. The zero-order valence-corrected chi connectivity index (χ0v) is 10.3. The van der Waals surface area contributed by atoms with E-state index in [1.54, 1.807) is 17.5 Å². The average Bonchev–Trinajstić information content (AvgIpc) is 2.73. The number of hydrogen-bond donors (Lipinski definition) is 1. The largest absolute Gasteiger partial charge is 0.313 e. The summed E-state index contributed by atoms with van der Waals surface area (Å²) in [4.78, 5) is 8.62. The van der Waals surface area contributed by atoms with Crippen molar-refractivity contribution in [3.63, 3.8) is 0 Å². The van der Waals surface area contributed by atoms with Gasteiger partial charge in [-0.3, -0.25) is 4.98 Å². The van der Waals surface area contributed by atoms with Crippen molar-refractivity contribution < 1.29 is 0 Å². The van der Waals surface area contributed by atoms with Gasteiger partial charge in [-0.15, -0.1) is 11.3 Å². The predicted molar refractivity (Wildman–Crippen MR) is 66.6 cm³/mol. The van der Waals surface area contributed by atoms with Gasteiger partial charge in [-0.1, -0.05) is 6.07 Å². The van der Waals surface area contributed by atoms with E-state index in [-0.39, 0.29) is 6.04 Å². The highest BCUT2D eigenvalue weighted by atomic mass is 32.1. The number of nitrogens with one attached hydrogen (secondary N) is 1. The fourth-order valence-electron chi connectivity index (χ4n) is 1.68. The van der Waals surface area contributed by atoms with Gasteiger partial charge >= 0.3 is 0 Å². The molecular formula is C12H15N3S. The van der Waals surface area contributed by atoms with Crippen molar-refractivity contribution in [3.05, 3.63) is 46.2 Å². The summed E-state index contributed by atoms with van der Waals surface area (Å²) in [7, 11) is 1.97. The molecule has 1 N–H and O–H groups in total. The van der Waals surface area contributed by atoms with E-state index < -0.39 is 0 Å². The molecule has 1 unspecified atom stereocenters. The van der Waals surface area contributed by atoms with Crippen LogP contribution in [0.1, 0.15) is 22.3 Å². The molecule has 84 valence electrons. The first-order valence-electron chi connectivity index (χ1n) is 5.28. The predicted octanol–water partition coefficient (Wildman–Crippen LogP) is 2.35. The van der Waals surface area contributed by atoms with Gasteiger partial charge in [0.25, 0.3) is 0 Å². The maximum atomic E-state index is 4.48. The Morgan fingerprint density at radius 2 is 2.38 bits per heavy atom. The molecule has 2 aromatic heterocycles. The van der Waals surface area contributed by atoms with Crippen molar-refractivity contribution in [2.75, 3.05) is 7.05 Å². The molecule has 2 rings (SSSR count). The molecule has 0 aliphatic carbocycles. The van der Waals surface area contributed by atoms with E-state index in [0.29, 0.717) is 0 Å². The van der Waals surface area contributed by atoms with Crippen LogP contribution in [0.25, 0.3) is 0 Å². The third-order valence-electron chi connectivity index (χ3n) is 2.52. The molecule has 0 saturated heterocycles. The summed E-state index contributed by atoms with van der Waals surface area (Å²) >= 11 is 1.70. The summed E-state index contributed by atoms with van der Waals surface area (Å²) in [5, 5.41) is 6.54. The number of nitrogens with zero attached hydrogens (tertiary/aromatic N) is 2. The van der Waals surface area contributed by atoms with Crippen LogP contribution in [0.5, 0.6) is 0 Å². The first-order valence-corrected chi connectivity index (χ1v) is 6.15. The summed E-state index contributed by atoms with van der Waals surface area (Å²) in [5.41, 5.74) is 2.35. The minimum absolute atomic E-state index is 0.287. The van der Waals surface area contributed by atoms with E-state index in [1.165, 1.54) is 5.56 Å². The summed E-state index contributed by atoms with van der Waals surface area (Å²) in [6.07, 6.45) is 4.61. The number of rotatable bonds is 4. The molecule has 0 amide bonds.